The summed E-state index contributed by atoms with van der Waals surface area (Å²) in [4.78, 5) is 15.6. The fraction of sp³-hybridized carbons (Fsp3) is 0.273. The first-order valence-corrected chi connectivity index (χ1v) is 4.92. The van der Waals surface area contributed by atoms with Crippen LogP contribution in [0.1, 0.15) is 16.8 Å². The molecule has 0 bridgehead atoms. The van der Waals surface area contributed by atoms with E-state index in [9.17, 15) is 4.79 Å². The molecule has 1 aliphatic rings. The molecule has 1 aliphatic heterocycles. The van der Waals surface area contributed by atoms with Crippen LogP contribution in [-0.4, -0.2) is 25.1 Å². The van der Waals surface area contributed by atoms with Crippen molar-refractivity contribution in [2.75, 3.05) is 13.1 Å². The lowest BCUT2D eigenvalue weighted by Crippen LogP contribution is -2.33. The topological polar surface area (TPSA) is 50.7 Å². The van der Waals surface area contributed by atoms with Crippen LogP contribution in [0, 0.1) is 0 Å². The van der Waals surface area contributed by atoms with Gasteiger partial charge in [0.15, 0.2) is 0 Å². The molecule has 0 aliphatic carbocycles. The predicted octanol–water partition coefficient (Wildman–Crippen LogP) is 1.19. The number of nitrogens with one attached hydrogen (secondary N) is 1. The van der Waals surface area contributed by atoms with Crippen LogP contribution in [0.15, 0.2) is 35.3 Å². The molecule has 0 spiro atoms. The lowest BCUT2D eigenvalue weighted by molar-refractivity contribution is 0.0706. The van der Waals surface area contributed by atoms with Crippen molar-refractivity contribution < 1.29 is 9.53 Å². The molecule has 2 rings (SSSR count). The van der Waals surface area contributed by atoms with E-state index in [1.807, 2.05) is 6.07 Å². The van der Waals surface area contributed by atoms with Gasteiger partial charge in [-0.05, 0) is 18.6 Å². The van der Waals surface area contributed by atoms with Gasteiger partial charge < -0.3 is 10.1 Å². The van der Waals surface area contributed by atoms with Gasteiger partial charge in [0.1, 0.15) is 0 Å². The minimum atomic E-state index is -0.372. The molecule has 0 radical (unpaired) electrons. The van der Waals surface area contributed by atoms with E-state index in [0.717, 1.165) is 13.0 Å². The Morgan fingerprint density at radius 3 is 2.80 bits per heavy atom. The molecule has 0 fully saturated rings. The second kappa shape index (κ2) is 4.59. The van der Waals surface area contributed by atoms with E-state index in [0.29, 0.717) is 18.1 Å². The second-order valence-electron chi connectivity index (χ2n) is 3.22. The number of benzene rings is 1. The quantitative estimate of drug-likeness (QED) is 0.699. The minimum absolute atomic E-state index is 0.329. The number of aliphatic imine (C=N–C) groups is 1. The molecule has 1 aromatic carbocycles. The third-order valence-corrected chi connectivity index (χ3v) is 2.07. The molecule has 0 amide bonds. The maximum atomic E-state index is 11.6. The molecule has 1 heterocycles. The van der Waals surface area contributed by atoms with E-state index < -0.39 is 0 Å². The number of amidine groups is 1. The van der Waals surface area contributed by atoms with Crippen molar-refractivity contribution in [3.05, 3.63) is 35.9 Å². The lowest BCUT2D eigenvalue weighted by atomic mass is 10.2. The maximum absolute atomic E-state index is 11.6. The number of hydrogen-bond acceptors (Lipinski definition) is 4. The Hall–Kier alpha value is -1.84. The maximum Gasteiger partial charge on any atom is 0.345 e. The van der Waals surface area contributed by atoms with Gasteiger partial charge in [-0.1, -0.05) is 18.2 Å². The number of hydrogen-bond donors (Lipinski definition) is 1. The second-order valence-corrected chi connectivity index (χ2v) is 3.22. The average Bonchev–Trinajstić information content (AvgIpc) is 2.31. The Balaban J connectivity index is 2.01. The standard InChI is InChI=1S/C11H12N2O2/c14-10(9-5-2-1-3-6-9)15-11-12-7-4-8-13-11/h1-3,5-6H,4,7-8H2,(H,12,13). The third-order valence-electron chi connectivity index (χ3n) is 2.07. The van der Waals surface area contributed by atoms with Crippen molar-refractivity contribution in [2.45, 2.75) is 6.42 Å². The Morgan fingerprint density at radius 1 is 1.33 bits per heavy atom. The summed E-state index contributed by atoms with van der Waals surface area (Å²) < 4.78 is 5.08. The van der Waals surface area contributed by atoms with Gasteiger partial charge in [0.25, 0.3) is 6.02 Å². The van der Waals surface area contributed by atoms with Gasteiger partial charge in [0.2, 0.25) is 0 Å². The molecule has 4 nitrogen and oxygen atoms in total. The molecule has 0 atom stereocenters. The summed E-state index contributed by atoms with van der Waals surface area (Å²) in [5, 5.41) is 2.93. The predicted molar refractivity (Wildman–Crippen MR) is 56.8 cm³/mol. The van der Waals surface area contributed by atoms with Crippen molar-refractivity contribution in [3.8, 4) is 0 Å². The number of carbonyl (C=O) groups excluding carboxylic acids is 1. The zero-order chi connectivity index (χ0) is 10.5. The first kappa shape index (κ1) is 9.71. The highest BCUT2D eigenvalue weighted by Crippen LogP contribution is 2.02. The largest absolute Gasteiger partial charge is 0.389 e. The summed E-state index contributed by atoms with van der Waals surface area (Å²) in [6, 6.07) is 9.21. The highest BCUT2D eigenvalue weighted by molar-refractivity contribution is 5.97. The molecule has 0 unspecified atom stereocenters. The van der Waals surface area contributed by atoms with E-state index in [1.54, 1.807) is 24.3 Å². The highest BCUT2D eigenvalue weighted by atomic mass is 16.6. The van der Waals surface area contributed by atoms with Gasteiger partial charge in [-0.15, -0.1) is 0 Å². The molecule has 78 valence electrons. The number of rotatable bonds is 1. The highest BCUT2D eigenvalue weighted by Gasteiger charge is 2.12. The molecule has 15 heavy (non-hydrogen) atoms. The van der Waals surface area contributed by atoms with Gasteiger partial charge >= 0.3 is 5.97 Å². The fourth-order valence-corrected chi connectivity index (χ4v) is 1.30. The first-order valence-electron chi connectivity index (χ1n) is 4.92. The van der Waals surface area contributed by atoms with E-state index in [1.165, 1.54) is 0 Å². The van der Waals surface area contributed by atoms with Gasteiger partial charge in [-0.25, -0.2) is 9.79 Å². The van der Waals surface area contributed by atoms with E-state index >= 15 is 0 Å². The van der Waals surface area contributed by atoms with Gasteiger partial charge in [-0.3, -0.25) is 0 Å². The molecular weight excluding hydrogens is 192 g/mol. The monoisotopic (exact) mass is 204 g/mol. The van der Waals surface area contributed by atoms with Crippen molar-refractivity contribution in [3.63, 3.8) is 0 Å². The van der Waals surface area contributed by atoms with Gasteiger partial charge in [0.05, 0.1) is 5.56 Å². The zero-order valence-electron chi connectivity index (χ0n) is 8.27. The van der Waals surface area contributed by atoms with Crippen LogP contribution in [0.2, 0.25) is 0 Å². The third kappa shape index (κ3) is 2.56. The van der Waals surface area contributed by atoms with Crippen LogP contribution in [0.25, 0.3) is 0 Å². The average molecular weight is 204 g/mol. The Bertz CT molecular complexity index is 373. The van der Waals surface area contributed by atoms with Crippen LogP contribution in [0.3, 0.4) is 0 Å². The Kier molecular flexibility index (Phi) is 2.97. The zero-order valence-corrected chi connectivity index (χ0v) is 8.27. The summed E-state index contributed by atoms with van der Waals surface area (Å²) in [6.45, 7) is 1.52. The number of nitrogens with zero attached hydrogens (tertiary/aromatic N) is 1. The SMILES string of the molecule is O=C(OC1=NCCCN1)c1ccccc1. The Morgan fingerprint density at radius 2 is 2.13 bits per heavy atom. The minimum Gasteiger partial charge on any atom is -0.389 e. The first-order chi connectivity index (χ1) is 7.36. The number of esters is 1. The molecule has 1 aromatic rings. The summed E-state index contributed by atoms with van der Waals surface area (Å²) in [7, 11) is 0. The molecule has 0 saturated heterocycles. The van der Waals surface area contributed by atoms with Crippen molar-refractivity contribution in [1.29, 1.82) is 0 Å². The van der Waals surface area contributed by atoms with Crippen molar-refractivity contribution >= 4 is 12.0 Å². The normalized spacial score (nSPS) is 15.1. The van der Waals surface area contributed by atoms with Crippen LogP contribution in [-0.2, 0) is 4.74 Å². The fourth-order valence-electron chi connectivity index (χ4n) is 1.30. The summed E-state index contributed by atoms with van der Waals surface area (Å²) in [6.07, 6.45) is 0.979. The molecule has 0 saturated carbocycles. The van der Waals surface area contributed by atoms with E-state index in [4.69, 9.17) is 4.74 Å². The molecular formula is C11H12N2O2. The van der Waals surface area contributed by atoms with Gasteiger partial charge in [-0.2, -0.15) is 0 Å². The number of ether oxygens (including phenoxy) is 1. The van der Waals surface area contributed by atoms with Crippen LogP contribution < -0.4 is 5.32 Å². The van der Waals surface area contributed by atoms with Crippen molar-refractivity contribution in [1.82, 2.24) is 5.32 Å². The smallest absolute Gasteiger partial charge is 0.345 e. The lowest BCUT2D eigenvalue weighted by Gasteiger charge is -2.13. The summed E-state index contributed by atoms with van der Waals surface area (Å²) in [5.74, 6) is -0.372. The van der Waals surface area contributed by atoms with Crippen LogP contribution in [0.5, 0.6) is 0 Å². The van der Waals surface area contributed by atoms with E-state index in [2.05, 4.69) is 10.3 Å². The molecule has 0 aromatic heterocycles. The van der Waals surface area contributed by atoms with Crippen LogP contribution in [0.4, 0.5) is 0 Å². The van der Waals surface area contributed by atoms with E-state index in [-0.39, 0.29) is 5.97 Å². The van der Waals surface area contributed by atoms with Crippen LogP contribution >= 0.6 is 0 Å². The Labute approximate surface area is 88.0 Å². The molecule has 4 heteroatoms. The summed E-state index contributed by atoms with van der Waals surface area (Å²) >= 11 is 0. The molecule has 1 N–H and O–H groups in total. The number of carbonyl (C=O) groups is 1. The summed E-state index contributed by atoms with van der Waals surface area (Å²) in [5.41, 5.74) is 0.535. The van der Waals surface area contributed by atoms with Crippen molar-refractivity contribution in [2.24, 2.45) is 4.99 Å². The van der Waals surface area contributed by atoms with Gasteiger partial charge in [0, 0.05) is 13.1 Å².